The lowest BCUT2D eigenvalue weighted by molar-refractivity contribution is 0.587. The van der Waals surface area contributed by atoms with Crippen LogP contribution in [-0.4, -0.2) is 24.8 Å². The molecule has 0 amide bonds. The zero-order valence-electron chi connectivity index (χ0n) is 14.6. The molecule has 0 aliphatic heterocycles. The molecule has 1 N–H and O–H groups in total. The van der Waals surface area contributed by atoms with Gasteiger partial charge in [-0.05, 0) is 30.3 Å². The van der Waals surface area contributed by atoms with E-state index in [9.17, 15) is 8.78 Å². The molecule has 0 fully saturated rings. The predicted molar refractivity (Wildman–Crippen MR) is 106 cm³/mol. The Balaban J connectivity index is 1.70. The second-order valence-electron chi connectivity index (χ2n) is 6.24. The van der Waals surface area contributed by atoms with Crippen LogP contribution in [0.1, 0.15) is 0 Å². The van der Waals surface area contributed by atoms with Crippen molar-refractivity contribution in [3.05, 3.63) is 77.6 Å². The SMILES string of the molecule is Fc1cc(F)c2c(cnn2Nc2nc(-c3ccccc3Cl)nc3ncccc23)c1. The minimum Gasteiger partial charge on any atom is -0.260 e. The quantitative estimate of drug-likeness (QED) is 0.462. The molecule has 142 valence electrons. The molecule has 6 nitrogen and oxygen atoms in total. The normalized spacial score (nSPS) is 11.3. The number of hydrogen-bond acceptors (Lipinski definition) is 5. The van der Waals surface area contributed by atoms with E-state index in [2.05, 4.69) is 25.5 Å². The highest BCUT2D eigenvalue weighted by molar-refractivity contribution is 6.33. The van der Waals surface area contributed by atoms with Crippen molar-refractivity contribution in [3.8, 4) is 11.4 Å². The molecule has 0 aliphatic rings. The van der Waals surface area contributed by atoms with Crippen molar-refractivity contribution in [1.29, 1.82) is 0 Å². The minimum absolute atomic E-state index is 0.0985. The average Bonchev–Trinajstić information content (AvgIpc) is 3.11. The topological polar surface area (TPSA) is 68.5 Å². The molecular formula is C20H11ClF2N6. The molecule has 0 spiro atoms. The molecule has 3 heterocycles. The number of pyridine rings is 1. The highest BCUT2D eigenvalue weighted by Crippen LogP contribution is 2.29. The Bertz CT molecular complexity index is 1380. The molecule has 0 aliphatic carbocycles. The Morgan fingerprint density at radius 2 is 1.86 bits per heavy atom. The summed E-state index contributed by atoms with van der Waals surface area (Å²) in [5.74, 6) is -0.709. The van der Waals surface area contributed by atoms with Gasteiger partial charge in [0, 0.05) is 23.2 Å². The number of benzene rings is 2. The zero-order valence-corrected chi connectivity index (χ0v) is 15.4. The van der Waals surface area contributed by atoms with E-state index in [0.29, 0.717) is 38.6 Å². The largest absolute Gasteiger partial charge is 0.260 e. The van der Waals surface area contributed by atoms with Crippen molar-refractivity contribution < 1.29 is 8.78 Å². The summed E-state index contributed by atoms with van der Waals surface area (Å²) in [5, 5.41) is 5.52. The summed E-state index contributed by atoms with van der Waals surface area (Å²) in [6.07, 6.45) is 2.98. The van der Waals surface area contributed by atoms with Crippen molar-refractivity contribution in [2.45, 2.75) is 0 Å². The van der Waals surface area contributed by atoms with E-state index < -0.39 is 11.6 Å². The van der Waals surface area contributed by atoms with Gasteiger partial charge in [-0.25, -0.2) is 23.7 Å². The molecule has 0 unspecified atom stereocenters. The fourth-order valence-electron chi connectivity index (χ4n) is 3.08. The van der Waals surface area contributed by atoms with Gasteiger partial charge in [-0.15, -0.1) is 0 Å². The summed E-state index contributed by atoms with van der Waals surface area (Å²) in [6, 6.07) is 12.7. The van der Waals surface area contributed by atoms with Gasteiger partial charge in [0.05, 0.1) is 16.6 Å². The standard InChI is InChI=1S/C20H11ClF2N6/c21-15-6-2-1-4-13(15)19-26-18-14(5-3-7-24-18)20(27-19)28-29-17-11(10-25-29)8-12(22)9-16(17)23/h1-10H,(H,24,26,27,28). The van der Waals surface area contributed by atoms with Gasteiger partial charge in [0.2, 0.25) is 0 Å². The maximum Gasteiger partial charge on any atom is 0.165 e. The van der Waals surface area contributed by atoms with E-state index in [1.807, 2.05) is 12.1 Å². The maximum atomic E-state index is 14.4. The van der Waals surface area contributed by atoms with Crippen LogP contribution in [0.4, 0.5) is 14.6 Å². The van der Waals surface area contributed by atoms with E-state index in [-0.39, 0.29) is 5.52 Å². The number of nitrogens with zero attached hydrogens (tertiary/aromatic N) is 5. The summed E-state index contributed by atoms with van der Waals surface area (Å²) in [7, 11) is 0. The number of rotatable bonds is 3. The lowest BCUT2D eigenvalue weighted by Gasteiger charge is -2.12. The van der Waals surface area contributed by atoms with Gasteiger partial charge in [0.15, 0.2) is 23.1 Å². The number of anilines is 1. The van der Waals surface area contributed by atoms with Crippen LogP contribution < -0.4 is 5.43 Å². The van der Waals surface area contributed by atoms with Crippen LogP contribution in [0.2, 0.25) is 5.02 Å². The smallest absolute Gasteiger partial charge is 0.165 e. The molecule has 5 aromatic rings. The van der Waals surface area contributed by atoms with E-state index in [4.69, 9.17) is 11.6 Å². The number of nitrogens with one attached hydrogen (secondary N) is 1. The van der Waals surface area contributed by atoms with E-state index in [1.165, 1.54) is 17.1 Å². The number of halogens is 3. The fraction of sp³-hybridized carbons (Fsp3) is 0. The average molecular weight is 409 g/mol. The van der Waals surface area contributed by atoms with Crippen molar-refractivity contribution in [3.63, 3.8) is 0 Å². The first-order valence-corrected chi connectivity index (χ1v) is 8.95. The third-order valence-corrected chi connectivity index (χ3v) is 4.71. The van der Waals surface area contributed by atoms with Crippen LogP contribution in [-0.2, 0) is 0 Å². The van der Waals surface area contributed by atoms with Crippen LogP contribution in [0.15, 0.2) is 60.9 Å². The Morgan fingerprint density at radius 1 is 1.00 bits per heavy atom. The zero-order chi connectivity index (χ0) is 20.0. The maximum absolute atomic E-state index is 14.4. The van der Waals surface area contributed by atoms with E-state index in [1.54, 1.807) is 30.5 Å². The summed E-state index contributed by atoms with van der Waals surface area (Å²) < 4.78 is 27.8. The van der Waals surface area contributed by atoms with Gasteiger partial charge in [-0.2, -0.15) is 9.89 Å². The molecular weight excluding hydrogens is 398 g/mol. The summed E-state index contributed by atoms with van der Waals surface area (Å²) in [6.45, 7) is 0. The monoisotopic (exact) mass is 408 g/mol. The van der Waals surface area contributed by atoms with Crippen molar-refractivity contribution in [2.75, 3.05) is 5.43 Å². The van der Waals surface area contributed by atoms with Crippen LogP contribution in [0, 0.1) is 11.6 Å². The van der Waals surface area contributed by atoms with Gasteiger partial charge in [-0.3, -0.25) is 5.43 Å². The second-order valence-corrected chi connectivity index (χ2v) is 6.65. The van der Waals surface area contributed by atoms with E-state index in [0.717, 1.165) is 6.07 Å². The van der Waals surface area contributed by atoms with Gasteiger partial charge < -0.3 is 0 Å². The van der Waals surface area contributed by atoms with Crippen molar-refractivity contribution >= 4 is 39.4 Å². The molecule has 0 atom stereocenters. The van der Waals surface area contributed by atoms with Gasteiger partial charge in [0.1, 0.15) is 11.3 Å². The molecule has 3 aromatic heterocycles. The molecule has 0 radical (unpaired) electrons. The van der Waals surface area contributed by atoms with Gasteiger partial charge in [0.25, 0.3) is 0 Å². The Morgan fingerprint density at radius 3 is 2.72 bits per heavy atom. The predicted octanol–water partition coefficient (Wildman–Crippen LogP) is 4.85. The highest BCUT2D eigenvalue weighted by Gasteiger charge is 2.15. The minimum atomic E-state index is -0.743. The Labute approximate surface area is 167 Å². The van der Waals surface area contributed by atoms with Gasteiger partial charge in [-0.1, -0.05) is 23.7 Å². The third kappa shape index (κ3) is 3.03. The lowest BCUT2D eigenvalue weighted by atomic mass is 10.2. The third-order valence-electron chi connectivity index (χ3n) is 4.38. The number of fused-ring (bicyclic) bond motifs is 2. The van der Waals surface area contributed by atoms with Crippen molar-refractivity contribution in [1.82, 2.24) is 24.8 Å². The molecule has 0 bridgehead atoms. The summed E-state index contributed by atoms with van der Waals surface area (Å²) >= 11 is 6.30. The molecule has 29 heavy (non-hydrogen) atoms. The Hall–Kier alpha value is -3.65. The van der Waals surface area contributed by atoms with Crippen LogP contribution >= 0.6 is 11.6 Å². The molecule has 2 aromatic carbocycles. The molecule has 0 saturated carbocycles. The number of hydrogen-bond donors (Lipinski definition) is 1. The summed E-state index contributed by atoms with van der Waals surface area (Å²) in [4.78, 5) is 14.5. The van der Waals surface area contributed by atoms with Crippen molar-refractivity contribution in [2.24, 2.45) is 0 Å². The summed E-state index contributed by atoms with van der Waals surface area (Å²) in [5.41, 5.74) is 4.13. The first-order chi connectivity index (χ1) is 14.1. The van der Waals surface area contributed by atoms with Crippen LogP contribution in [0.5, 0.6) is 0 Å². The number of aromatic nitrogens is 5. The first-order valence-electron chi connectivity index (χ1n) is 8.57. The van der Waals surface area contributed by atoms with Gasteiger partial charge >= 0.3 is 0 Å². The molecule has 9 heteroatoms. The molecule has 0 saturated heterocycles. The van der Waals surface area contributed by atoms with E-state index >= 15 is 0 Å². The van der Waals surface area contributed by atoms with Crippen LogP contribution in [0.3, 0.4) is 0 Å². The highest BCUT2D eigenvalue weighted by atomic mass is 35.5. The second kappa shape index (κ2) is 6.75. The molecule has 5 rings (SSSR count). The van der Waals surface area contributed by atoms with Crippen LogP contribution in [0.25, 0.3) is 33.3 Å². The lowest BCUT2D eigenvalue weighted by Crippen LogP contribution is -2.14. The Kier molecular flexibility index (Phi) is 4.06. The first kappa shape index (κ1) is 17.4. The fourth-order valence-corrected chi connectivity index (χ4v) is 3.30.